The normalized spacial score (nSPS) is 11.0. The summed E-state index contributed by atoms with van der Waals surface area (Å²) in [6.07, 6.45) is 1.47. The molecule has 3 heterocycles. The Morgan fingerprint density at radius 3 is 2.59 bits per heavy atom. The first-order valence-electron chi connectivity index (χ1n) is 10.6. The van der Waals surface area contributed by atoms with Crippen molar-refractivity contribution in [1.29, 1.82) is 0 Å². The summed E-state index contributed by atoms with van der Waals surface area (Å²) in [6.45, 7) is 3.57. The monoisotopic (exact) mass is 455 g/mol. The predicted molar refractivity (Wildman–Crippen MR) is 127 cm³/mol. The fourth-order valence-corrected chi connectivity index (χ4v) is 3.48. The van der Waals surface area contributed by atoms with Gasteiger partial charge in [-0.15, -0.1) is 0 Å². The number of ether oxygens (including phenoxy) is 1. The van der Waals surface area contributed by atoms with E-state index >= 15 is 0 Å². The Bertz CT molecular complexity index is 1530. The molecule has 3 aromatic heterocycles. The van der Waals surface area contributed by atoms with Gasteiger partial charge in [-0.2, -0.15) is 19.9 Å². The van der Waals surface area contributed by atoms with Gasteiger partial charge in [0, 0.05) is 6.07 Å². The highest BCUT2D eigenvalue weighted by Crippen LogP contribution is 2.18. The highest BCUT2D eigenvalue weighted by atomic mass is 16.5. The van der Waals surface area contributed by atoms with Crippen molar-refractivity contribution in [3.05, 3.63) is 88.5 Å². The number of nitrogens with one attached hydrogen (secondary N) is 2. The number of anilines is 1. The fourth-order valence-electron chi connectivity index (χ4n) is 3.48. The molecule has 0 atom stereocenters. The van der Waals surface area contributed by atoms with E-state index in [9.17, 15) is 9.59 Å². The number of aryl methyl sites for hydroxylation is 2. The Balaban J connectivity index is 1.44. The number of amides is 1. The molecule has 0 bridgehead atoms. The van der Waals surface area contributed by atoms with Crippen LogP contribution in [-0.2, 0) is 4.79 Å². The summed E-state index contributed by atoms with van der Waals surface area (Å²) in [5.74, 6) is 0.719. The van der Waals surface area contributed by atoms with Crippen LogP contribution >= 0.6 is 0 Å². The maximum Gasteiger partial charge on any atom is 0.263 e. The minimum atomic E-state index is -0.375. The zero-order valence-corrected chi connectivity index (χ0v) is 18.5. The third-order valence-electron chi connectivity index (χ3n) is 5.12. The van der Waals surface area contributed by atoms with Crippen LogP contribution in [0.25, 0.3) is 22.7 Å². The van der Waals surface area contributed by atoms with Gasteiger partial charge in [-0.05, 0) is 38.1 Å². The minimum Gasteiger partial charge on any atom is -0.484 e. The van der Waals surface area contributed by atoms with Crippen molar-refractivity contribution in [2.45, 2.75) is 13.8 Å². The molecule has 0 spiro atoms. The van der Waals surface area contributed by atoms with Crippen molar-refractivity contribution >= 4 is 22.8 Å². The standard InChI is InChI=1S/C24H21N7O3/c1-15-8-10-18(11-9-15)34-14-21(32)26-20-12-16(2)29-31(20)24-27-22-19(23(33)28-24)13-25-30(22)17-6-4-3-5-7-17/h3-13H,14H2,1-2H3,(H,26,32)(H,27,28,33). The van der Waals surface area contributed by atoms with Gasteiger partial charge in [0.2, 0.25) is 5.95 Å². The zero-order chi connectivity index (χ0) is 23.7. The van der Waals surface area contributed by atoms with E-state index in [1.165, 1.54) is 10.9 Å². The maximum atomic E-state index is 12.7. The van der Waals surface area contributed by atoms with Crippen molar-refractivity contribution < 1.29 is 9.53 Å². The number of para-hydroxylation sites is 1. The lowest BCUT2D eigenvalue weighted by Gasteiger charge is -2.10. The highest BCUT2D eigenvalue weighted by molar-refractivity contribution is 5.91. The van der Waals surface area contributed by atoms with E-state index in [2.05, 4.69) is 25.5 Å². The lowest BCUT2D eigenvalue weighted by Crippen LogP contribution is -2.23. The van der Waals surface area contributed by atoms with E-state index in [0.29, 0.717) is 28.3 Å². The largest absolute Gasteiger partial charge is 0.484 e. The predicted octanol–water partition coefficient (Wildman–Crippen LogP) is 2.93. The SMILES string of the molecule is Cc1ccc(OCC(=O)Nc2cc(C)nn2-c2nc3c(cnn3-c3ccccc3)c(=O)[nH]2)cc1. The van der Waals surface area contributed by atoms with Gasteiger partial charge in [0.25, 0.3) is 11.5 Å². The molecule has 5 aromatic rings. The van der Waals surface area contributed by atoms with Gasteiger partial charge >= 0.3 is 0 Å². The molecule has 1 amide bonds. The molecule has 10 heteroatoms. The van der Waals surface area contributed by atoms with Gasteiger partial charge in [0.1, 0.15) is 17.0 Å². The maximum absolute atomic E-state index is 12.7. The molecule has 0 aliphatic rings. The molecule has 2 aromatic carbocycles. The first-order valence-corrected chi connectivity index (χ1v) is 10.6. The Labute approximate surface area is 193 Å². The summed E-state index contributed by atoms with van der Waals surface area (Å²) < 4.78 is 8.51. The molecule has 0 saturated heterocycles. The zero-order valence-electron chi connectivity index (χ0n) is 18.5. The fraction of sp³-hybridized carbons (Fsp3) is 0.125. The molecule has 2 N–H and O–H groups in total. The third-order valence-corrected chi connectivity index (χ3v) is 5.12. The first kappa shape index (κ1) is 21.1. The Morgan fingerprint density at radius 2 is 1.82 bits per heavy atom. The van der Waals surface area contributed by atoms with E-state index in [1.807, 2.05) is 49.4 Å². The minimum absolute atomic E-state index is 0.151. The summed E-state index contributed by atoms with van der Waals surface area (Å²) in [5, 5.41) is 11.8. The van der Waals surface area contributed by atoms with Crippen LogP contribution in [0.5, 0.6) is 5.75 Å². The number of H-pyrrole nitrogens is 1. The lowest BCUT2D eigenvalue weighted by atomic mass is 10.2. The number of fused-ring (bicyclic) bond motifs is 1. The summed E-state index contributed by atoms with van der Waals surface area (Å²) >= 11 is 0. The van der Waals surface area contributed by atoms with Crippen molar-refractivity contribution in [1.82, 2.24) is 29.5 Å². The van der Waals surface area contributed by atoms with Crippen molar-refractivity contribution in [3.63, 3.8) is 0 Å². The molecule has 0 radical (unpaired) electrons. The van der Waals surface area contributed by atoms with Gasteiger partial charge in [-0.3, -0.25) is 14.6 Å². The highest BCUT2D eigenvalue weighted by Gasteiger charge is 2.17. The van der Waals surface area contributed by atoms with Crippen LogP contribution in [0.15, 0.2) is 71.7 Å². The van der Waals surface area contributed by atoms with Gasteiger partial charge in [-0.1, -0.05) is 35.9 Å². The molecule has 0 unspecified atom stereocenters. The van der Waals surface area contributed by atoms with Gasteiger partial charge in [0.15, 0.2) is 12.3 Å². The average molecular weight is 455 g/mol. The van der Waals surface area contributed by atoms with E-state index in [1.54, 1.807) is 29.8 Å². The lowest BCUT2D eigenvalue weighted by molar-refractivity contribution is -0.118. The molecule has 0 fully saturated rings. The number of hydrogen-bond donors (Lipinski definition) is 2. The van der Waals surface area contributed by atoms with E-state index in [-0.39, 0.29) is 24.0 Å². The van der Waals surface area contributed by atoms with Crippen LogP contribution in [0, 0.1) is 13.8 Å². The van der Waals surface area contributed by atoms with Crippen LogP contribution in [0.2, 0.25) is 0 Å². The smallest absolute Gasteiger partial charge is 0.263 e. The second kappa shape index (κ2) is 8.66. The van der Waals surface area contributed by atoms with E-state index in [4.69, 9.17) is 4.74 Å². The number of carbonyl (C=O) groups is 1. The molecule has 170 valence electrons. The van der Waals surface area contributed by atoms with Crippen LogP contribution in [-0.4, -0.2) is 42.0 Å². The molecule has 0 aliphatic carbocycles. The van der Waals surface area contributed by atoms with Gasteiger partial charge < -0.3 is 10.1 Å². The number of hydrogen-bond acceptors (Lipinski definition) is 6. The first-order chi connectivity index (χ1) is 16.5. The molecular formula is C24H21N7O3. The van der Waals surface area contributed by atoms with Gasteiger partial charge in [0.05, 0.1) is 17.6 Å². The number of aromatic nitrogens is 6. The van der Waals surface area contributed by atoms with Crippen LogP contribution in [0.3, 0.4) is 0 Å². The number of carbonyl (C=O) groups excluding carboxylic acids is 1. The van der Waals surface area contributed by atoms with Gasteiger partial charge in [-0.25, -0.2) is 4.68 Å². The Kier molecular flexibility index (Phi) is 5.38. The molecule has 0 aliphatic heterocycles. The third kappa shape index (κ3) is 4.16. The molecule has 5 rings (SSSR count). The quantitative estimate of drug-likeness (QED) is 0.406. The summed E-state index contributed by atoms with van der Waals surface area (Å²) in [7, 11) is 0. The van der Waals surface area contributed by atoms with E-state index in [0.717, 1.165) is 11.3 Å². The summed E-state index contributed by atoms with van der Waals surface area (Å²) in [5.41, 5.74) is 2.51. The Morgan fingerprint density at radius 1 is 1.06 bits per heavy atom. The van der Waals surface area contributed by atoms with Crippen LogP contribution in [0.4, 0.5) is 5.82 Å². The summed E-state index contributed by atoms with van der Waals surface area (Å²) in [6, 6.07) is 18.5. The molecule has 0 saturated carbocycles. The van der Waals surface area contributed by atoms with Crippen LogP contribution < -0.4 is 15.6 Å². The second-order valence-electron chi connectivity index (χ2n) is 7.75. The van der Waals surface area contributed by atoms with E-state index < -0.39 is 0 Å². The number of rotatable bonds is 6. The number of nitrogens with zero attached hydrogens (tertiary/aromatic N) is 5. The Hall–Kier alpha value is -4.73. The number of benzene rings is 2. The number of aromatic amines is 1. The topological polar surface area (TPSA) is 120 Å². The average Bonchev–Trinajstić information content (AvgIpc) is 3.43. The molecule has 34 heavy (non-hydrogen) atoms. The molecular weight excluding hydrogens is 434 g/mol. The molecule has 10 nitrogen and oxygen atoms in total. The summed E-state index contributed by atoms with van der Waals surface area (Å²) in [4.78, 5) is 32.6. The van der Waals surface area contributed by atoms with Crippen LogP contribution in [0.1, 0.15) is 11.3 Å². The van der Waals surface area contributed by atoms with Crippen molar-refractivity contribution in [3.8, 4) is 17.4 Å². The van der Waals surface area contributed by atoms with Crippen molar-refractivity contribution in [2.75, 3.05) is 11.9 Å². The second-order valence-corrected chi connectivity index (χ2v) is 7.75. The van der Waals surface area contributed by atoms with Crippen molar-refractivity contribution in [2.24, 2.45) is 0 Å².